The number of pyridine rings is 1. The lowest BCUT2D eigenvalue weighted by Gasteiger charge is -2.14. The molecule has 0 atom stereocenters. The Bertz CT molecular complexity index is 1270. The zero-order chi connectivity index (χ0) is 19.1. The summed E-state index contributed by atoms with van der Waals surface area (Å²) in [6.07, 6.45) is 3.21. The van der Waals surface area contributed by atoms with Crippen LogP contribution in [0.3, 0.4) is 0 Å². The van der Waals surface area contributed by atoms with Crippen LogP contribution in [0, 0.1) is 0 Å². The number of carboxylic acids is 1. The Morgan fingerprint density at radius 3 is 2.61 bits per heavy atom. The van der Waals surface area contributed by atoms with Crippen LogP contribution in [-0.4, -0.2) is 22.6 Å². The van der Waals surface area contributed by atoms with E-state index in [-0.39, 0.29) is 5.69 Å². The number of carbonyl (C=O) groups is 1. The molecule has 4 nitrogen and oxygen atoms in total. The summed E-state index contributed by atoms with van der Waals surface area (Å²) in [7, 11) is 0. The molecule has 28 heavy (non-hydrogen) atoms. The van der Waals surface area contributed by atoms with Crippen molar-refractivity contribution in [3.8, 4) is 11.1 Å². The number of carboxylic acid groups (broad SMARTS) is 1. The summed E-state index contributed by atoms with van der Waals surface area (Å²) in [6.45, 7) is 0.938. The van der Waals surface area contributed by atoms with Gasteiger partial charge in [-0.1, -0.05) is 54.6 Å². The van der Waals surface area contributed by atoms with Crippen LogP contribution in [-0.2, 0) is 0 Å². The van der Waals surface area contributed by atoms with Crippen molar-refractivity contribution in [2.24, 2.45) is 0 Å². The van der Waals surface area contributed by atoms with E-state index in [0.717, 1.165) is 51.5 Å². The Morgan fingerprint density at radius 2 is 1.79 bits per heavy atom. The highest BCUT2D eigenvalue weighted by molar-refractivity contribution is 6.06. The van der Waals surface area contributed by atoms with Crippen molar-refractivity contribution in [3.05, 3.63) is 84.1 Å². The summed E-state index contributed by atoms with van der Waals surface area (Å²) in [6, 6.07) is 22.0. The van der Waals surface area contributed by atoms with Gasteiger partial charge in [0.2, 0.25) is 0 Å². The molecule has 4 aromatic rings. The van der Waals surface area contributed by atoms with E-state index in [4.69, 9.17) is 0 Å². The topological polar surface area (TPSA) is 62.2 Å². The Morgan fingerprint density at radius 1 is 0.929 bits per heavy atom. The van der Waals surface area contributed by atoms with Gasteiger partial charge < -0.3 is 10.4 Å². The number of aromatic carboxylic acids is 1. The van der Waals surface area contributed by atoms with Gasteiger partial charge in [-0.25, -0.2) is 9.78 Å². The maximum Gasteiger partial charge on any atom is 0.354 e. The molecule has 5 rings (SSSR count). The maximum atomic E-state index is 11.5. The average molecular weight is 366 g/mol. The first-order chi connectivity index (χ1) is 13.7. The van der Waals surface area contributed by atoms with E-state index in [1.54, 1.807) is 6.07 Å². The lowest BCUT2D eigenvalue weighted by molar-refractivity contribution is 0.0691. The number of fused-ring (bicyclic) bond motifs is 2. The second kappa shape index (κ2) is 6.50. The first-order valence-electron chi connectivity index (χ1n) is 9.31. The van der Waals surface area contributed by atoms with Crippen molar-refractivity contribution in [2.45, 2.75) is 6.42 Å². The van der Waals surface area contributed by atoms with E-state index in [1.165, 1.54) is 0 Å². The molecule has 3 aromatic carbocycles. The molecule has 136 valence electrons. The minimum atomic E-state index is -1.02. The minimum absolute atomic E-state index is 0.0555. The van der Waals surface area contributed by atoms with Gasteiger partial charge in [-0.15, -0.1) is 0 Å². The Balaban J connectivity index is 1.86. The third-order valence-electron chi connectivity index (χ3n) is 5.21. The summed E-state index contributed by atoms with van der Waals surface area (Å²) in [5.74, 6) is -1.02. The summed E-state index contributed by atoms with van der Waals surface area (Å²) in [4.78, 5) is 16.0. The molecule has 0 unspecified atom stereocenters. The van der Waals surface area contributed by atoms with Crippen LogP contribution >= 0.6 is 0 Å². The van der Waals surface area contributed by atoms with Crippen molar-refractivity contribution < 1.29 is 9.90 Å². The number of rotatable bonds is 3. The van der Waals surface area contributed by atoms with Crippen LogP contribution in [0.5, 0.6) is 0 Å². The number of nitrogens with zero attached hydrogens (tertiary/aromatic N) is 1. The predicted octanol–water partition coefficient (Wildman–Crippen LogP) is 5.09. The molecule has 0 spiro atoms. The first kappa shape index (κ1) is 16.5. The summed E-state index contributed by atoms with van der Waals surface area (Å²) in [5, 5.41) is 16.1. The highest BCUT2D eigenvalue weighted by atomic mass is 16.4. The van der Waals surface area contributed by atoms with Gasteiger partial charge >= 0.3 is 5.97 Å². The van der Waals surface area contributed by atoms with Crippen LogP contribution in [0.15, 0.2) is 72.8 Å². The summed E-state index contributed by atoms with van der Waals surface area (Å²) >= 11 is 0. The second-order valence-electron chi connectivity index (χ2n) is 6.96. The van der Waals surface area contributed by atoms with E-state index in [1.807, 2.05) is 24.3 Å². The Labute approximate surface area is 162 Å². The van der Waals surface area contributed by atoms with Crippen LogP contribution in [0.25, 0.3) is 38.5 Å². The smallest absolute Gasteiger partial charge is 0.354 e. The zero-order valence-electron chi connectivity index (χ0n) is 15.1. The highest BCUT2D eigenvalue weighted by Gasteiger charge is 2.16. The van der Waals surface area contributed by atoms with Gasteiger partial charge in [-0.2, -0.15) is 0 Å². The van der Waals surface area contributed by atoms with Gasteiger partial charge in [-0.05, 0) is 46.5 Å². The monoisotopic (exact) mass is 366 g/mol. The number of aromatic nitrogens is 1. The van der Waals surface area contributed by atoms with Crippen LogP contribution < -0.4 is 5.32 Å². The molecule has 1 aliphatic heterocycles. The minimum Gasteiger partial charge on any atom is -0.477 e. The number of hydrogen-bond acceptors (Lipinski definition) is 3. The summed E-state index contributed by atoms with van der Waals surface area (Å²) < 4.78 is 0. The molecule has 0 amide bonds. The molecule has 2 N–H and O–H groups in total. The van der Waals surface area contributed by atoms with Crippen LogP contribution in [0.1, 0.15) is 22.5 Å². The normalized spacial score (nSPS) is 13.5. The van der Waals surface area contributed by atoms with Gasteiger partial charge in [-0.3, -0.25) is 0 Å². The zero-order valence-corrected chi connectivity index (χ0v) is 15.1. The van der Waals surface area contributed by atoms with Crippen molar-refractivity contribution >= 4 is 33.3 Å². The third kappa shape index (κ3) is 2.70. The lowest BCUT2D eigenvalue weighted by atomic mass is 9.93. The van der Waals surface area contributed by atoms with Gasteiger partial charge in [0.15, 0.2) is 0 Å². The maximum absolute atomic E-state index is 11.5. The fourth-order valence-electron chi connectivity index (χ4n) is 3.89. The lowest BCUT2D eigenvalue weighted by Crippen LogP contribution is -2.07. The quantitative estimate of drug-likeness (QED) is 0.530. The third-order valence-corrected chi connectivity index (χ3v) is 5.21. The predicted molar refractivity (Wildman–Crippen MR) is 112 cm³/mol. The molecular weight excluding hydrogens is 348 g/mol. The molecule has 2 heterocycles. The van der Waals surface area contributed by atoms with E-state index in [9.17, 15) is 9.90 Å². The summed E-state index contributed by atoms with van der Waals surface area (Å²) in [5.41, 5.74) is 4.97. The Kier molecular flexibility index (Phi) is 3.83. The molecule has 0 saturated heterocycles. The van der Waals surface area contributed by atoms with Crippen LogP contribution in [0.2, 0.25) is 0 Å². The molecule has 4 heteroatoms. The molecule has 1 aliphatic rings. The van der Waals surface area contributed by atoms with Gasteiger partial charge in [0.1, 0.15) is 5.69 Å². The molecule has 0 saturated carbocycles. The van der Waals surface area contributed by atoms with Crippen molar-refractivity contribution in [1.82, 2.24) is 10.3 Å². The molecule has 0 fully saturated rings. The largest absolute Gasteiger partial charge is 0.477 e. The van der Waals surface area contributed by atoms with Crippen molar-refractivity contribution in [2.75, 3.05) is 6.54 Å². The average Bonchev–Trinajstić information content (AvgIpc) is 3.27. The molecule has 0 radical (unpaired) electrons. The van der Waals surface area contributed by atoms with E-state index in [2.05, 4.69) is 52.8 Å². The van der Waals surface area contributed by atoms with E-state index < -0.39 is 5.97 Å². The second-order valence-corrected chi connectivity index (χ2v) is 6.96. The number of benzene rings is 3. The van der Waals surface area contributed by atoms with Crippen LogP contribution in [0.4, 0.5) is 0 Å². The fraction of sp³-hybridized carbons (Fsp3) is 0.0833. The van der Waals surface area contributed by atoms with Gasteiger partial charge in [0, 0.05) is 23.2 Å². The van der Waals surface area contributed by atoms with Crippen molar-refractivity contribution in [3.63, 3.8) is 0 Å². The molecule has 1 aromatic heterocycles. The molecule has 0 aliphatic carbocycles. The molecular formula is C24H18N2O2. The molecule has 0 bridgehead atoms. The highest BCUT2D eigenvalue weighted by Crippen LogP contribution is 2.35. The fourth-order valence-corrected chi connectivity index (χ4v) is 3.89. The van der Waals surface area contributed by atoms with E-state index >= 15 is 0 Å². The van der Waals surface area contributed by atoms with Crippen molar-refractivity contribution in [1.29, 1.82) is 0 Å². The SMILES string of the molecule is O=C(O)c1ccc2cc(C3=CCCN3)cc(-c3cccc4ccccc34)c2n1. The van der Waals surface area contributed by atoms with E-state index in [0.29, 0.717) is 5.52 Å². The standard InChI is InChI=1S/C24H18N2O2/c27-24(28)22-11-10-16-13-17(21-9-4-12-25-21)14-20(23(16)26-22)19-8-3-6-15-5-1-2-7-18(15)19/h1-3,5-11,13-14,25H,4,12H2,(H,27,28). The number of hydrogen-bond donors (Lipinski definition) is 2. The van der Waals surface area contributed by atoms with Gasteiger partial charge in [0.25, 0.3) is 0 Å². The first-order valence-corrected chi connectivity index (χ1v) is 9.31. The number of nitrogens with one attached hydrogen (secondary N) is 1. The van der Waals surface area contributed by atoms with Gasteiger partial charge in [0.05, 0.1) is 5.52 Å². The Hall–Kier alpha value is -3.66.